The molecule has 3 rings (SSSR count). The van der Waals surface area contributed by atoms with Crippen molar-refractivity contribution in [1.29, 1.82) is 0 Å². The summed E-state index contributed by atoms with van der Waals surface area (Å²) >= 11 is 0. The van der Waals surface area contributed by atoms with Gasteiger partial charge in [0.25, 0.3) is 0 Å². The minimum atomic E-state index is 0.352. The number of nitrogens with two attached hydrogens (primary N) is 1. The van der Waals surface area contributed by atoms with E-state index in [4.69, 9.17) is 5.73 Å². The highest BCUT2D eigenvalue weighted by Gasteiger charge is 2.35. The molecule has 2 heterocycles. The van der Waals surface area contributed by atoms with Crippen LogP contribution in [0.1, 0.15) is 44.9 Å². The van der Waals surface area contributed by atoms with E-state index in [1.165, 1.54) is 44.9 Å². The SMILES string of the molecule is CNc1cc(N2CCC3(CCCCC3)CC2)nc(N)n1. The fourth-order valence-electron chi connectivity index (χ4n) is 3.75. The maximum absolute atomic E-state index is 5.79. The molecule has 1 spiro atoms. The zero-order valence-corrected chi connectivity index (χ0v) is 12.4. The number of hydrogen-bond donors (Lipinski definition) is 2. The Hall–Kier alpha value is -1.52. The van der Waals surface area contributed by atoms with Crippen LogP contribution in [0.4, 0.5) is 17.6 Å². The van der Waals surface area contributed by atoms with Crippen LogP contribution >= 0.6 is 0 Å². The van der Waals surface area contributed by atoms with Crippen molar-refractivity contribution in [3.63, 3.8) is 0 Å². The molecular weight excluding hydrogens is 250 g/mol. The summed E-state index contributed by atoms with van der Waals surface area (Å²) in [6.07, 6.45) is 9.72. The number of hydrogen-bond acceptors (Lipinski definition) is 5. The lowest BCUT2D eigenvalue weighted by Gasteiger charge is -2.44. The van der Waals surface area contributed by atoms with Gasteiger partial charge in [-0.3, -0.25) is 0 Å². The molecule has 1 aromatic rings. The molecule has 0 aromatic carbocycles. The highest BCUT2D eigenvalue weighted by Crippen LogP contribution is 2.45. The molecule has 1 aliphatic carbocycles. The molecule has 110 valence electrons. The van der Waals surface area contributed by atoms with Crippen LogP contribution in [0.3, 0.4) is 0 Å². The molecule has 1 saturated heterocycles. The summed E-state index contributed by atoms with van der Waals surface area (Å²) in [5.41, 5.74) is 6.41. The molecule has 5 nitrogen and oxygen atoms in total. The van der Waals surface area contributed by atoms with Crippen LogP contribution in [0.15, 0.2) is 6.07 Å². The summed E-state index contributed by atoms with van der Waals surface area (Å²) in [5, 5.41) is 3.05. The van der Waals surface area contributed by atoms with Crippen LogP contribution in [0.2, 0.25) is 0 Å². The number of nitrogens with one attached hydrogen (secondary N) is 1. The maximum Gasteiger partial charge on any atom is 0.223 e. The standard InChI is InChI=1S/C15H25N5/c1-17-12-11-13(19-14(16)18-12)20-9-7-15(8-10-20)5-3-2-4-6-15/h11H,2-10H2,1H3,(H3,16,17,18,19). The van der Waals surface area contributed by atoms with E-state index in [-0.39, 0.29) is 0 Å². The van der Waals surface area contributed by atoms with E-state index in [0.29, 0.717) is 11.4 Å². The maximum atomic E-state index is 5.79. The van der Waals surface area contributed by atoms with Crippen LogP contribution in [-0.4, -0.2) is 30.1 Å². The molecule has 0 atom stereocenters. The second kappa shape index (κ2) is 5.46. The third-order valence-electron chi connectivity index (χ3n) is 5.05. The molecule has 1 aliphatic heterocycles. The minimum Gasteiger partial charge on any atom is -0.373 e. The Balaban J connectivity index is 1.70. The van der Waals surface area contributed by atoms with E-state index in [1.807, 2.05) is 13.1 Å². The fourth-order valence-corrected chi connectivity index (χ4v) is 3.75. The molecule has 20 heavy (non-hydrogen) atoms. The average Bonchev–Trinajstić information content (AvgIpc) is 2.48. The fraction of sp³-hybridized carbons (Fsp3) is 0.733. The zero-order chi connectivity index (χ0) is 14.0. The van der Waals surface area contributed by atoms with Gasteiger partial charge in [0.05, 0.1) is 0 Å². The predicted octanol–water partition coefficient (Wildman–Crippen LogP) is 2.65. The van der Waals surface area contributed by atoms with Gasteiger partial charge in [-0.1, -0.05) is 19.3 Å². The lowest BCUT2D eigenvalue weighted by atomic mass is 9.68. The Morgan fingerprint density at radius 2 is 1.80 bits per heavy atom. The largest absolute Gasteiger partial charge is 0.373 e. The molecule has 0 bridgehead atoms. The van der Waals surface area contributed by atoms with Crippen molar-refractivity contribution in [3.05, 3.63) is 6.07 Å². The van der Waals surface area contributed by atoms with Gasteiger partial charge < -0.3 is 16.0 Å². The Morgan fingerprint density at radius 3 is 2.45 bits per heavy atom. The Kier molecular flexibility index (Phi) is 3.68. The molecule has 0 amide bonds. The molecule has 1 aromatic heterocycles. The van der Waals surface area contributed by atoms with Gasteiger partial charge in [0.1, 0.15) is 11.6 Å². The van der Waals surface area contributed by atoms with Crippen molar-refractivity contribution in [3.8, 4) is 0 Å². The summed E-state index contributed by atoms with van der Waals surface area (Å²) < 4.78 is 0. The summed E-state index contributed by atoms with van der Waals surface area (Å²) in [5.74, 6) is 2.11. The van der Waals surface area contributed by atoms with Crippen molar-refractivity contribution < 1.29 is 0 Å². The van der Waals surface area contributed by atoms with Gasteiger partial charge in [-0.15, -0.1) is 0 Å². The lowest BCUT2D eigenvalue weighted by molar-refractivity contribution is 0.144. The van der Waals surface area contributed by atoms with E-state index in [0.717, 1.165) is 24.7 Å². The third kappa shape index (κ3) is 2.67. The van der Waals surface area contributed by atoms with Crippen molar-refractivity contribution in [2.24, 2.45) is 5.41 Å². The third-order valence-corrected chi connectivity index (χ3v) is 5.05. The first-order valence-electron chi connectivity index (χ1n) is 7.78. The van der Waals surface area contributed by atoms with Gasteiger partial charge in [-0.2, -0.15) is 9.97 Å². The number of anilines is 3. The first-order valence-corrected chi connectivity index (χ1v) is 7.78. The Morgan fingerprint density at radius 1 is 1.10 bits per heavy atom. The van der Waals surface area contributed by atoms with Gasteiger partial charge in [0.2, 0.25) is 5.95 Å². The average molecular weight is 275 g/mol. The second-order valence-corrected chi connectivity index (χ2v) is 6.27. The number of nitrogens with zero attached hydrogens (tertiary/aromatic N) is 3. The minimum absolute atomic E-state index is 0.352. The lowest BCUT2D eigenvalue weighted by Crippen LogP contribution is -2.41. The Labute approximate surface area is 121 Å². The summed E-state index contributed by atoms with van der Waals surface area (Å²) in [4.78, 5) is 10.9. The summed E-state index contributed by atoms with van der Waals surface area (Å²) in [6.45, 7) is 2.19. The Bertz CT molecular complexity index is 457. The zero-order valence-electron chi connectivity index (χ0n) is 12.4. The quantitative estimate of drug-likeness (QED) is 0.868. The highest BCUT2D eigenvalue weighted by molar-refractivity contribution is 5.52. The topological polar surface area (TPSA) is 67.1 Å². The van der Waals surface area contributed by atoms with E-state index in [1.54, 1.807) is 0 Å². The molecule has 5 heteroatoms. The van der Waals surface area contributed by atoms with Gasteiger partial charge in [-0.25, -0.2) is 0 Å². The van der Waals surface area contributed by atoms with Crippen molar-refractivity contribution >= 4 is 17.6 Å². The first-order chi connectivity index (χ1) is 9.71. The van der Waals surface area contributed by atoms with Gasteiger partial charge in [-0.05, 0) is 31.1 Å². The van der Waals surface area contributed by atoms with Crippen LogP contribution < -0.4 is 16.0 Å². The number of piperidine rings is 1. The molecular formula is C15H25N5. The van der Waals surface area contributed by atoms with Crippen LogP contribution in [0.5, 0.6) is 0 Å². The highest BCUT2D eigenvalue weighted by atomic mass is 15.2. The monoisotopic (exact) mass is 275 g/mol. The van der Waals surface area contributed by atoms with Crippen molar-refractivity contribution in [2.45, 2.75) is 44.9 Å². The normalized spacial score (nSPS) is 21.9. The second-order valence-electron chi connectivity index (χ2n) is 6.27. The molecule has 1 saturated carbocycles. The number of rotatable bonds is 2. The van der Waals surface area contributed by atoms with E-state index < -0.39 is 0 Å². The molecule has 3 N–H and O–H groups in total. The van der Waals surface area contributed by atoms with Gasteiger partial charge in [0.15, 0.2) is 0 Å². The van der Waals surface area contributed by atoms with Crippen LogP contribution in [0.25, 0.3) is 0 Å². The van der Waals surface area contributed by atoms with E-state index in [9.17, 15) is 0 Å². The van der Waals surface area contributed by atoms with Crippen molar-refractivity contribution in [2.75, 3.05) is 36.1 Å². The molecule has 2 aliphatic rings. The summed E-state index contributed by atoms with van der Waals surface area (Å²) in [6, 6.07) is 2.00. The number of aromatic nitrogens is 2. The molecule has 2 fully saturated rings. The van der Waals surface area contributed by atoms with E-state index in [2.05, 4.69) is 20.2 Å². The van der Waals surface area contributed by atoms with E-state index >= 15 is 0 Å². The summed E-state index contributed by atoms with van der Waals surface area (Å²) in [7, 11) is 1.86. The molecule has 0 radical (unpaired) electrons. The van der Waals surface area contributed by atoms with Crippen molar-refractivity contribution in [1.82, 2.24) is 9.97 Å². The first kappa shape index (κ1) is 13.5. The number of nitrogen functional groups attached to an aromatic ring is 1. The van der Waals surface area contributed by atoms with Gasteiger partial charge in [0, 0.05) is 26.2 Å². The molecule has 0 unspecified atom stereocenters. The predicted molar refractivity (Wildman–Crippen MR) is 83.0 cm³/mol. The smallest absolute Gasteiger partial charge is 0.223 e. The van der Waals surface area contributed by atoms with Crippen LogP contribution in [0, 0.1) is 5.41 Å². The van der Waals surface area contributed by atoms with Crippen LogP contribution in [-0.2, 0) is 0 Å². The van der Waals surface area contributed by atoms with Gasteiger partial charge >= 0.3 is 0 Å².